The fourth-order valence-electron chi connectivity index (χ4n) is 2.14. The van der Waals surface area contributed by atoms with Crippen molar-refractivity contribution in [3.05, 3.63) is 68.7 Å². The molecule has 0 spiro atoms. The zero-order valence-corrected chi connectivity index (χ0v) is 15.5. The molecule has 27 heavy (non-hydrogen) atoms. The zero-order valence-electron chi connectivity index (χ0n) is 13.9. The van der Waals surface area contributed by atoms with E-state index in [0.29, 0.717) is 20.6 Å². The largest absolute Gasteiger partial charge is 0.457 e. The van der Waals surface area contributed by atoms with Crippen LogP contribution in [-0.4, -0.2) is 31.1 Å². The number of nitrogens with zero attached hydrogens (tertiary/aromatic N) is 5. The summed E-state index contributed by atoms with van der Waals surface area (Å²) in [6.07, 6.45) is 0. The predicted molar refractivity (Wildman–Crippen MR) is 96.6 cm³/mol. The number of rotatable bonds is 6. The maximum atomic E-state index is 12.6. The summed E-state index contributed by atoms with van der Waals surface area (Å²) in [5, 5.41) is 23.1. The lowest BCUT2D eigenvalue weighted by Crippen LogP contribution is -2.08. The van der Waals surface area contributed by atoms with Crippen LogP contribution in [0.15, 0.2) is 52.5 Å². The second-order valence-corrected chi connectivity index (χ2v) is 6.78. The smallest absolute Gasteiger partial charge is 0.339 e. The minimum atomic E-state index is -0.698. The number of nitro groups is 1. The van der Waals surface area contributed by atoms with E-state index in [1.54, 1.807) is 31.3 Å². The lowest BCUT2D eigenvalue weighted by atomic mass is 10.2. The van der Waals surface area contributed by atoms with E-state index in [1.807, 2.05) is 0 Å². The number of aromatic nitrogens is 4. The lowest BCUT2D eigenvalue weighted by molar-refractivity contribution is -0.384. The molecular formula is C16H12ClN5O4S. The summed E-state index contributed by atoms with van der Waals surface area (Å²) in [5.74, 6) is -0.698. The van der Waals surface area contributed by atoms with Crippen molar-refractivity contribution in [1.82, 2.24) is 20.2 Å². The molecule has 0 aliphatic carbocycles. The maximum Gasteiger partial charge on any atom is 0.339 e. The number of hydrogen-bond acceptors (Lipinski definition) is 8. The van der Waals surface area contributed by atoms with Gasteiger partial charge in [0.2, 0.25) is 5.16 Å². The molecule has 0 N–H and O–H groups in total. The maximum absolute atomic E-state index is 12.6. The number of carbonyl (C=O) groups is 1. The molecule has 0 atom stereocenters. The highest BCUT2D eigenvalue weighted by molar-refractivity contribution is 7.99. The molecule has 9 nitrogen and oxygen atoms in total. The Morgan fingerprint density at radius 2 is 2.15 bits per heavy atom. The Morgan fingerprint density at radius 3 is 2.81 bits per heavy atom. The highest BCUT2D eigenvalue weighted by atomic mass is 35.5. The van der Waals surface area contributed by atoms with Gasteiger partial charge in [-0.1, -0.05) is 23.7 Å². The summed E-state index contributed by atoms with van der Waals surface area (Å²) < 4.78 is 6.73. The number of benzene rings is 2. The van der Waals surface area contributed by atoms with E-state index in [2.05, 4.69) is 15.5 Å². The van der Waals surface area contributed by atoms with Crippen LogP contribution in [-0.2, 0) is 18.4 Å². The van der Waals surface area contributed by atoms with E-state index >= 15 is 0 Å². The first kappa shape index (κ1) is 18.8. The Labute approximate surface area is 162 Å². The molecule has 0 bridgehead atoms. The quantitative estimate of drug-likeness (QED) is 0.348. The van der Waals surface area contributed by atoms with Crippen LogP contribution in [0.1, 0.15) is 15.9 Å². The molecule has 1 aromatic heterocycles. The predicted octanol–water partition coefficient (Wildman–Crippen LogP) is 3.28. The Morgan fingerprint density at radius 1 is 1.33 bits per heavy atom. The second kappa shape index (κ2) is 8.14. The molecule has 0 saturated heterocycles. The van der Waals surface area contributed by atoms with Crippen molar-refractivity contribution in [2.24, 2.45) is 7.05 Å². The molecule has 0 saturated carbocycles. The fourth-order valence-corrected chi connectivity index (χ4v) is 3.18. The molecule has 0 amide bonds. The molecule has 2 aromatic carbocycles. The molecule has 3 rings (SSSR count). The van der Waals surface area contributed by atoms with Crippen molar-refractivity contribution in [3.8, 4) is 0 Å². The summed E-state index contributed by atoms with van der Waals surface area (Å²) in [6, 6.07) is 10.8. The van der Waals surface area contributed by atoms with E-state index in [4.69, 9.17) is 16.3 Å². The van der Waals surface area contributed by atoms with Crippen LogP contribution in [0.5, 0.6) is 0 Å². The van der Waals surface area contributed by atoms with Crippen molar-refractivity contribution in [1.29, 1.82) is 0 Å². The van der Waals surface area contributed by atoms with E-state index in [-0.39, 0.29) is 17.9 Å². The van der Waals surface area contributed by atoms with Gasteiger partial charge in [-0.05, 0) is 46.0 Å². The number of carbonyl (C=O) groups excluding carboxylic acids is 1. The van der Waals surface area contributed by atoms with Crippen LogP contribution in [0, 0.1) is 10.1 Å². The van der Waals surface area contributed by atoms with Gasteiger partial charge in [0, 0.05) is 29.1 Å². The number of nitro benzene ring substituents is 1. The van der Waals surface area contributed by atoms with Gasteiger partial charge in [0.1, 0.15) is 6.61 Å². The number of esters is 1. The Bertz CT molecular complexity index is 1010. The summed E-state index contributed by atoms with van der Waals surface area (Å²) in [7, 11) is 1.64. The van der Waals surface area contributed by atoms with Crippen LogP contribution in [0.4, 0.5) is 5.69 Å². The van der Waals surface area contributed by atoms with Crippen molar-refractivity contribution >= 4 is 35.0 Å². The van der Waals surface area contributed by atoms with Gasteiger partial charge in [0.25, 0.3) is 5.69 Å². The minimum Gasteiger partial charge on any atom is -0.457 e. The Kier molecular flexibility index (Phi) is 5.67. The molecule has 0 radical (unpaired) electrons. The Hall–Kier alpha value is -2.98. The van der Waals surface area contributed by atoms with Gasteiger partial charge in [-0.15, -0.1) is 5.10 Å². The van der Waals surface area contributed by atoms with Gasteiger partial charge in [0.05, 0.1) is 10.5 Å². The average Bonchev–Trinajstić information content (AvgIpc) is 3.04. The zero-order chi connectivity index (χ0) is 19.4. The minimum absolute atomic E-state index is 0.0162. The van der Waals surface area contributed by atoms with Crippen LogP contribution in [0.25, 0.3) is 0 Å². The highest BCUT2D eigenvalue weighted by Crippen LogP contribution is 2.31. The SMILES string of the molecule is Cn1nnnc1Sc1ccc([N+](=O)[O-])cc1C(=O)OCc1cccc(Cl)c1. The summed E-state index contributed by atoms with van der Waals surface area (Å²) in [4.78, 5) is 23.5. The van der Waals surface area contributed by atoms with Gasteiger partial charge in [0.15, 0.2) is 0 Å². The highest BCUT2D eigenvalue weighted by Gasteiger charge is 2.20. The number of non-ortho nitro benzene ring substituents is 1. The molecule has 3 aromatic rings. The summed E-state index contributed by atoms with van der Waals surface area (Å²) in [5.41, 5.74) is 0.539. The Balaban J connectivity index is 1.86. The van der Waals surface area contributed by atoms with Gasteiger partial charge in [-0.25, -0.2) is 9.48 Å². The van der Waals surface area contributed by atoms with Gasteiger partial charge in [-0.2, -0.15) is 0 Å². The lowest BCUT2D eigenvalue weighted by Gasteiger charge is -2.09. The molecule has 0 unspecified atom stereocenters. The third kappa shape index (κ3) is 4.60. The van der Waals surface area contributed by atoms with Crippen molar-refractivity contribution in [2.45, 2.75) is 16.7 Å². The standard InChI is InChI=1S/C16H12ClN5O4S/c1-21-16(18-19-20-21)27-14-6-5-12(22(24)25)8-13(14)15(23)26-9-10-3-2-4-11(17)7-10/h2-8H,9H2,1H3. The number of tetrazole rings is 1. The summed E-state index contributed by atoms with van der Waals surface area (Å²) in [6.45, 7) is -0.0162. The van der Waals surface area contributed by atoms with Crippen LogP contribution >= 0.6 is 23.4 Å². The first-order valence-electron chi connectivity index (χ1n) is 7.54. The van der Waals surface area contributed by atoms with Crippen LogP contribution in [0.3, 0.4) is 0 Å². The molecule has 0 aliphatic rings. The van der Waals surface area contributed by atoms with Gasteiger partial charge < -0.3 is 4.74 Å². The molecular weight excluding hydrogens is 394 g/mol. The number of halogens is 1. The monoisotopic (exact) mass is 405 g/mol. The number of aryl methyl sites for hydroxylation is 1. The van der Waals surface area contributed by atoms with Crippen LogP contribution in [0.2, 0.25) is 5.02 Å². The third-order valence-corrected chi connectivity index (χ3v) is 4.77. The second-order valence-electron chi connectivity index (χ2n) is 5.33. The molecule has 1 heterocycles. The van der Waals surface area contributed by atoms with E-state index in [9.17, 15) is 14.9 Å². The summed E-state index contributed by atoms with van der Waals surface area (Å²) >= 11 is 7.02. The van der Waals surface area contributed by atoms with Crippen molar-refractivity contribution < 1.29 is 14.5 Å². The number of ether oxygens (including phenoxy) is 1. The third-order valence-electron chi connectivity index (χ3n) is 3.44. The van der Waals surface area contributed by atoms with Crippen molar-refractivity contribution in [3.63, 3.8) is 0 Å². The topological polar surface area (TPSA) is 113 Å². The first-order valence-corrected chi connectivity index (χ1v) is 8.73. The van der Waals surface area contributed by atoms with Crippen LogP contribution < -0.4 is 0 Å². The first-order chi connectivity index (χ1) is 12.9. The van der Waals surface area contributed by atoms with Gasteiger partial charge in [-0.3, -0.25) is 10.1 Å². The number of hydrogen-bond donors (Lipinski definition) is 0. The molecule has 0 fully saturated rings. The molecule has 0 aliphatic heterocycles. The fraction of sp³-hybridized carbons (Fsp3) is 0.125. The van der Waals surface area contributed by atoms with E-state index < -0.39 is 10.9 Å². The average molecular weight is 406 g/mol. The van der Waals surface area contributed by atoms with E-state index in [0.717, 1.165) is 11.8 Å². The normalized spacial score (nSPS) is 10.6. The molecule has 11 heteroatoms. The van der Waals surface area contributed by atoms with Crippen molar-refractivity contribution in [2.75, 3.05) is 0 Å². The molecule has 138 valence electrons. The van der Waals surface area contributed by atoms with E-state index in [1.165, 1.54) is 22.9 Å². The van der Waals surface area contributed by atoms with Gasteiger partial charge >= 0.3 is 5.97 Å².